The molecule has 16 heavy (non-hydrogen) atoms. The molecule has 3 aromatic rings. The van der Waals surface area contributed by atoms with Crippen LogP contribution in [0.15, 0.2) is 36.4 Å². The molecule has 2 aromatic carbocycles. The smallest absolute Gasteiger partial charge is 0.0789 e. The van der Waals surface area contributed by atoms with Gasteiger partial charge in [0.2, 0.25) is 0 Å². The van der Waals surface area contributed by atoms with Crippen molar-refractivity contribution in [3.8, 4) is 0 Å². The van der Waals surface area contributed by atoms with Gasteiger partial charge >= 0.3 is 0 Å². The van der Waals surface area contributed by atoms with Gasteiger partial charge in [-0.1, -0.05) is 48.0 Å². The van der Waals surface area contributed by atoms with Gasteiger partial charge in [-0.25, -0.2) is 0 Å². The van der Waals surface area contributed by atoms with Crippen molar-refractivity contribution in [3.05, 3.63) is 46.3 Å². The van der Waals surface area contributed by atoms with Gasteiger partial charge in [0.1, 0.15) is 0 Å². The Kier molecular flexibility index (Phi) is 2.36. The number of benzene rings is 2. The Labute approximate surface area is 102 Å². The van der Waals surface area contributed by atoms with Crippen LogP contribution >= 0.6 is 22.9 Å². The second kappa shape index (κ2) is 3.74. The van der Waals surface area contributed by atoms with Crippen LogP contribution in [-0.2, 0) is 6.61 Å². The van der Waals surface area contributed by atoms with Crippen LogP contribution < -0.4 is 0 Å². The van der Waals surface area contributed by atoms with Gasteiger partial charge in [0.25, 0.3) is 0 Å². The maximum absolute atomic E-state index is 9.22. The van der Waals surface area contributed by atoms with Gasteiger partial charge in [-0.15, -0.1) is 11.3 Å². The lowest BCUT2D eigenvalue weighted by Gasteiger charge is -1.98. The molecule has 3 rings (SSSR count). The van der Waals surface area contributed by atoms with Gasteiger partial charge in [-0.05, 0) is 10.8 Å². The van der Waals surface area contributed by atoms with E-state index in [0.717, 1.165) is 15.0 Å². The average molecular weight is 249 g/mol. The van der Waals surface area contributed by atoms with Crippen LogP contribution in [0, 0.1) is 0 Å². The van der Waals surface area contributed by atoms with Crippen molar-refractivity contribution in [2.45, 2.75) is 6.61 Å². The second-order valence-corrected chi connectivity index (χ2v) is 5.14. The third-order valence-corrected chi connectivity index (χ3v) is 4.50. The molecule has 1 nitrogen and oxygen atoms in total. The summed E-state index contributed by atoms with van der Waals surface area (Å²) in [4.78, 5) is 0.841. The second-order valence-electron chi connectivity index (χ2n) is 3.66. The van der Waals surface area contributed by atoms with Gasteiger partial charge < -0.3 is 5.11 Å². The van der Waals surface area contributed by atoms with E-state index >= 15 is 0 Å². The highest BCUT2D eigenvalue weighted by Gasteiger charge is 2.11. The minimum Gasteiger partial charge on any atom is -0.391 e. The molecule has 0 saturated heterocycles. The first-order valence-electron chi connectivity index (χ1n) is 5.01. The third kappa shape index (κ3) is 1.34. The average Bonchev–Trinajstić information content (AvgIpc) is 2.67. The number of halogens is 1. The minimum absolute atomic E-state index is 0.00646. The fraction of sp³-hybridized carbons (Fsp3) is 0.0769. The number of thiophene rings is 1. The van der Waals surface area contributed by atoms with Gasteiger partial charge in [0, 0.05) is 15.0 Å². The van der Waals surface area contributed by atoms with E-state index < -0.39 is 0 Å². The highest BCUT2D eigenvalue weighted by molar-refractivity contribution is 7.20. The Morgan fingerprint density at radius 1 is 1.06 bits per heavy atom. The molecule has 1 N–H and O–H groups in total. The van der Waals surface area contributed by atoms with Gasteiger partial charge in [-0.3, -0.25) is 0 Å². The molecular formula is C13H9ClOS. The van der Waals surface area contributed by atoms with Crippen molar-refractivity contribution >= 4 is 43.8 Å². The summed E-state index contributed by atoms with van der Waals surface area (Å²) in [6, 6.07) is 12.3. The number of hydrogen-bond donors (Lipinski definition) is 1. The number of rotatable bonds is 1. The van der Waals surface area contributed by atoms with Crippen LogP contribution in [0.1, 0.15) is 4.88 Å². The molecule has 0 amide bonds. The zero-order chi connectivity index (χ0) is 11.1. The number of fused-ring (bicyclic) bond motifs is 3. The van der Waals surface area contributed by atoms with Crippen molar-refractivity contribution in [1.29, 1.82) is 0 Å². The Balaban J connectivity index is 2.51. The lowest BCUT2D eigenvalue weighted by Crippen LogP contribution is -1.74. The zero-order valence-corrected chi connectivity index (χ0v) is 9.98. The first-order chi connectivity index (χ1) is 7.81. The van der Waals surface area contributed by atoms with Crippen molar-refractivity contribution < 1.29 is 5.11 Å². The van der Waals surface area contributed by atoms with E-state index in [-0.39, 0.29) is 6.61 Å². The SMILES string of the molecule is OCc1sc2c(ccc3ccccc32)c1Cl. The highest BCUT2D eigenvalue weighted by Crippen LogP contribution is 2.39. The molecule has 0 aliphatic carbocycles. The summed E-state index contributed by atoms with van der Waals surface area (Å²) < 4.78 is 1.16. The summed E-state index contributed by atoms with van der Waals surface area (Å²) in [6.07, 6.45) is 0. The number of aliphatic hydroxyl groups excluding tert-OH is 1. The molecule has 0 spiro atoms. The molecule has 0 fully saturated rings. The molecule has 80 valence electrons. The zero-order valence-electron chi connectivity index (χ0n) is 8.40. The Hall–Kier alpha value is -1.09. The number of hydrogen-bond acceptors (Lipinski definition) is 2. The van der Waals surface area contributed by atoms with E-state index in [2.05, 4.69) is 18.2 Å². The first kappa shape index (κ1) is 10.1. The molecule has 0 aliphatic heterocycles. The maximum atomic E-state index is 9.22. The molecule has 0 radical (unpaired) electrons. The molecular weight excluding hydrogens is 240 g/mol. The Morgan fingerprint density at radius 2 is 1.88 bits per heavy atom. The predicted octanol–water partition coefficient (Wildman–Crippen LogP) is 4.20. The number of aliphatic hydroxyl groups is 1. The normalized spacial score (nSPS) is 11.4. The largest absolute Gasteiger partial charge is 0.391 e. The summed E-state index contributed by atoms with van der Waals surface area (Å²) in [5, 5.41) is 13.3. The summed E-state index contributed by atoms with van der Waals surface area (Å²) in [6.45, 7) is 0.00646. The third-order valence-electron chi connectivity index (χ3n) is 2.73. The van der Waals surface area contributed by atoms with E-state index in [1.54, 1.807) is 11.3 Å². The molecule has 0 atom stereocenters. The first-order valence-corrected chi connectivity index (χ1v) is 6.20. The van der Waals surface area contributed by atoms with Crippen molar-refractivity contribution in [2.75, 3.05) is 0 Å². The summed E-state index contributed by atoms with van der Waals surface area (Å²) in [5.74, 6) is 0. The lowest BCUT2D eigenvalue weighted by molar-refractivity contribution is 0.285. The van der Waals surface area contributed by atoms with Crippen LogP contribution in [0.3, 0.4) is 0 Å². The monoisotopic (exact) mass is 248 g/mol. The summed E-state index contributed by atoms with van der Waals surface area (Å²) in [5.41, 5.74) is 0. The maximum Gasteiger partial charge on any atom is 0.0789 e. The van der Waals surface area contributed by atoms with Crippen molar-refractivity contribution in [1.82, 2.24) is 0 Å². The predicted molar refractivity (Wildman–Crippen MR) is 70.3 cm³/mol. The molecule has 3 heteroatoms. The molecule has 0 saturated carbocycles. The fourth-order valence-electron chi connectivity index (χ4n) is 1.95. The van der Waals surface area contributed by atoms with Gasteiger partial charge in [0.05, 0.1) is 11.6 Å². The van der Waals surface area contributed by atoms with Gasteiger partial charge in [0.15, 0.2) is 0 Å². The Bertz CT molecular complexity index is 672. The molecule has 0 unspecified atom stereocenters. The van der Waals surface area contributed by atoms with Crippen LogP contribution in [0.25, 0.3) is 20.9 Å². The summed E-state index contributed by atoms with van der Waals surface area (Å²) >= 11 is 7.78. The van der Waals surface area contributed by atoms with E-state index in [1.807, 2.05) is 18.2 Å². The van der Waals surface area contributed by atoms with Crippen LogP contribution in [0.5, 0.6) is 0 Å². The van der Waals surface area contributed by atoms with Crippen molar-refractivity contribution in [2.24, 2.45) is 0 Å². The molecule has 1 aromatic heterocycles. The molecule has 1 heterocycles. The standard InChI is InChI=1S/C13H9ClOS/c14-12-10-6-5-8-3-1-2-4-9(8)13(10)16-11(12)7-15/h1-6,15H,7H2. The van der Waals surface area contributed by atoms with Gasteiger partial charge in [-0.2, -0.15) is 0 Å². The van der Waals surface area contributed by atoms with Crippen LogP contribution in [0.4, 0.5) is 0 Å². The fourth-order valence-corrected chi connectivity index (χ4v) is 3.42. The van der Waals surface area contributed by atoms with Crippen LogP contribution in [-0.4, -0.2) is 5.11 Å². The topological polar surface area (TPSA) is 20.2 Å². The minimum atomic E-state index is 0.00646. The van der Waals surface area contributed by atoms with E-state index in [0.29, 0.717) is 5.02 Å². The highest BCUT2D eigenvalue weighted by atomic mass is 35.5. The van der Waals surface area contributed by atoms with E-state index in [4.69, 9.17) is 11.6 Å². The lowest BCUT2D eigenvalue weighted by atomic mass is 10.1. The van der Waals surface area contributed by atoms with Crippen molar-refractivity contribution in [3.63, 3.8) is 0 Å². The molecule has 0 bridgehead atoms. The summed E-state index contributed by atoms with van der Waals surface area (Å²) in [7, 11) is 0. The molecule has 0 aliphatic rings. The quantitative estimate of drug-likeness (QED) is 0.684. The Morgan fingerprint density at radius 3 is 2.69 bits per heavy atom. The van der Waals surface area contributed by atoms with Crippen LogP contribution in [0.2, 0.25) is 5.02 Å². The van der Waals surface area contributed by atoms with E-state index in [9.17, 15) is 5.11 Å². The van der Waals surface area contributed by atoms with E-state index in [1.165, 1.54) is 10.8 Å².